The fourth-order valence-electron chi connectivity index (χ4n) is 4.85. The van der Waals surface area contributed by atoms with Crippen molar-refractivity contribution in [1.82, 2.24) is 20.6 Å². The molecule has 11 heteroatoms. The van der Waals surface area contributed by atoms with Crippen molar-refractivity contribution in [3.8, 4) is 0 Å². The van der Waals surface area contributed by atoms with E-state index < -0.39 is 28.5 Å². The van der Waals surface area contributed by atoms with Crippen molar-refractivity contribution in [1.29, 1.82) is 0 Å². The van der Waals surface area contributed by atoms with Gasteiger partial charge in [0.2, 0.25) is 5.91 Å². The smallest absolute Gasteiger partial charge is 0.352 e. The molecule has 146 valence electrons. The summed E-state index contributed by atoms with van der Waals surface area (Å²) >= 11 is 0. The molecular weight excluding hydrogens is 364 g/mol. The third-order valence-corrected chi connectivity index (χ3v) is 6.52. The number of hydroxylamine groups is 2. The van der Waals surface area contributed by atoms with Crippen LogP contribution in [0.4, 0.5) is 4.79 Å². The van der Waals surface area contributed by atoms with E-state index in [1.807, 2.05) is 0 Å². The molecule has 3 aliphatic heterocycles. The second kappa shape index (κ2) is 6.32. The van der Waals surface area contributed by atoms with Crippen LogP contribution in [0.25, 0.3) is 0 Å². The summed E-state index contributed by atoms with van der Waals surface area (Å²) in [6.45, 7) is 2.26. The van der Waals surface area contributed by atoms with E-state index in [0.29, 0.717) is 23.3 Å². The molecule has 2 atom stereocenters. The van der Waals surface area contributed by atoms with Crippen LogP contribution in [-0.4, -0.2) is 72.6 Å². The molecule has 2 bridgehead atoms. The predicted molar refractivity (Wildman–Crippen MR) is 89.1 cm³/mol. The monoisotopic (exact) mass is 388 g/mol. The maximum Gasteiger partial charge on any atom is 0.418 e. The van der Waals surface area contributed by atoms with E-state index in [1.165, 1.54) is 4.90 Å². The van der Waals surface area contributed by atoms with Crippen molar-refractivity contribution in [3.63, 3.8) is 0 Å². The quantitative estimate of drug-likeness (QED) is 0.561. The standard InChI is InChI=1S/C15H24N4O6S/c20-13(17-10-7-15(8-10)3-5-16-6-4-15)12-2-1-11-9-18(12)14(21)19(11)25-26(22,23)24/h10-12,16H,1-9H2,(H,17,20)(H,22,23,24). The Hall–Kier alpha value is -1.43. The summed E-state index contributed by atoms with van der Waals surface area (Å²) in [7, 11) is -4.77. The van der Waals surface area contributed by atoms with Crippen molar-refractivity contribution in [2.24, 2.45) is 5.41 Å². The zero-order valence-corrected chi connectivity index (χ0v) is 15.2. The molecule has 0 aromatic heterocycles. The molecule has 1 aliphatic carbocycles. The maximum absolute atomic E-state index is 12.7. The van der Waals surface area contributed by atoms with Gasteiger partial charge in [-0.1, -0.05) is 0 Å². The lowest BCUT2D eigenvalue weighted by Crippen LogP contribution is -2.58. The molecule has 10 nitrogen and oxygen atoms in total. The van der Waals surface area contributed by atoms with Crippen LogP contribution in [0.5, 0.6) is 0 Å². The summed E-state index contributed by atoms with van der Waals surface area (Å²) in [6, 6.07) is -1.66. The Bertz CT molecular complexity index is 699. The van der Waals surface area contributed by atoms with Crippen LogP contribution in [-0.2, 0) is 19.5 Å². The molecule has 4 aliphatic rings. The summed E-state index contributed by atoms with van der Waals surface area (Å²) in [5, 5.41) is 7.06. The Kier molecular flexibility index (Phi) is 4.37. The summed E-state index contributed by atoms with van der Waals surface area (Å²) < 4.78 is 35.0. The van der Waals surface area contributed by atoms with Crippen LogP contribution in [0.15, 0.2) is 0 Å². The zero-order chi connectivity index (χ0) is 18.5. The lowest BCUT2D eigenvalue weighted by atomic mass is 9.60. The molecular formula is C15H24N4O6S. The first-order valence-electron chi connectivity index (χ1n) is 9.04. The molecule has 2 unspecified atom stereocenters. The predicted octanol–water partition coefficient (Wildman–Crippen LogP) is -0.362. The third-order valence-electron chi connectivity index (χ3n) is 6.17. The average molecular weight is 388 g/mol. The van der Waals surface area contributed by atoms with Gasteiger partial charge in [0.1, 0.15) is 6.04 Å². The molecule has 0 aromatic rings. The molecule has 1 saturated carbocycles. The van der Waals surface area contributed by atoms with Crippen molar-refractivity contribution < 1.29 is 26.8 Å². The second-order valence-corrected chi connectivity index (χ2v) is 8.88. The van der Waals surface area contributed by atoms with E-state index in [9.17, 15) is 18.0 Å². The maximum atomic E-state index is 12.7. The van der Waals surface area contributed by atoms with Crippen molar-refractivity contribution in [2.75, 3.05) is 19.6 Å². The van der Waals surface area contributed by atoms with E-state index in [2.05, 4.69) is 14.9 Å². The van der Waals surface area contributed by atoms with Crippen LogP contribution in [0, 0.1) is 5.41 Å². The number of nitrogens with zero attached hydrogens (tertiary/aromatic N) is 2. The SMILES string of the molecule is O=C(NC1CC2(CCNCC2)C1)C1CCC2CN1C(=O)N2OS(=O)(=O)O. The molecule has 0 radical (unpaired) electrons. The van der Waals surface area contributed by atoms with E-state index in [0.717, 1.165) is 38.8 Å². The van der Waals surface area contributed by atoms with Gasteiger partial charge in [0.15, 0.2) is 0 Å². The lowest BCUT2D eigenvalue weighted by Gasteiger charge is -2.51. The molecule has 4 fully saturated rings. The molecule has 3 N–H and O–H groups in total. The van der Waals surface area contributed by atoms with Gasteiger partial charge in [-0.05, 0) is 57.0 Å². The van der Waals surface area contributed by atoms with Crippen LogP contribution in [0.3, 0.4) is 0 Å². The average Bonchev–Trinajstić information content (AvgIpc) is 2.78. The largest absolute Gasteiger partial charge is 0.418 e. The first kappa shape index (κ1) is 18.0. The molecule has 3 amide bonds. The minimum atomic E-state index is -4.77. The highest BCUT2D eigenvalue weighted by molar-refractivity contribution is 7.80. The van der Waals surface area contributed by atoms with E-state index in [4.69, 9.17) is 4.55 Å². The number of fused-ring (bicyclic) bond motifs is 2. The Balaban J connectivity index is 1.34. The molecule has 4 rings (SSSR count). The molecule has 1 spiro atoms. The highest BCUT2D eigenvalue weighted by Crippen LogP contribution is 2.48. The van der Waals surface area contributed by atoms with Gasteiger partial charge in [-0.25, -0.2) is 4.79 Å². The number of hydrogen-bond donors (Lipinski definition) is 3. The number of nitrogens with one attached hydrogen (secondary N) is 2. The highest BCUT2D eigenvalue weighted by atomic mass is 32.3. The third kappa shape index (κ3) is 3.28. The Morgan fingerprint density at radius 3 is 2.62 bits per heavy atom. The van der Waals surface area contributed by atoms with Gasteiger partial charge < -0.3 is 15.5 Å². The normalized spacial score (nSPS) is 31.2. The Morgan fingerprint density at radius 1 is 1.27 bits per heavy atom. The van der Waals surface area contributed by atoms with Crippen LogP contribution in [0.2, 0.25) is 0 Å². The summed E-state index contributed by atoms with van der Waals surface area (Å²) in [6.07, 6.45) is 5.10. The first-order valence-corrected chi connectivity index (χ1v) is 10.4. The summed E-state index contributed by atoms with van der Waals surface area (Å²) in [5.74, 6) is -0.195. The molecule has 26 heavy (non-hydrogen) atoms. The number of carbonyl (C=O) groups excluding carboxylic acids is 2. The highest BCUT2D eigenvalue weighted by Gasteiger charge is 2.51. The number of carbonyl (C=O) groups is 2. The lowest BCUT2D eigenvalue weighted by molar-refractivity contribution is -0.128. The molecule has 3 heterocycles. The van der Waals surface area contributed by atoms with Crippen LogP contribution >= 0.6 is 0 Å². The number of amides is 3. The van der Waals surface area contributed by atoms with E-state index in [1.54, 1.807) is 0 Å². The minimum absolute atomic E-state index is 0.140. The first-order chi connectivity index (χ1) is 12.3. The zero-order valence-electron chi connectivity index (χ0n) is 14.4. The van der Waals surface area contributed by atoms with Crippen molar-refractivity contribution in [3.05, 3.63) is 0 Å². The van der Waals surface area contributed by atoms with Gasteiger partial charge >= 0.3 is 16.4 Å². The van der Waals surface area contributed by atoms with E-state index >= 15 is 0 Å². The number of piperidine rings is 2. The Morgan fingerprint density at radius 2 is 1.96 bits per heavy atom. The second-order valence-electron chi connectivity index (χ2n) is 7.87. The van der Waals surface area contributed by atoms with Crippen LogP contribution in [0.1, 0.15) is 38.5 Å². The van der Waals surface area contributed by atoms with Gasteiger partial charge in [0, 0.05) is 12.6 Å². The number of urea groups is 1. The van der Waals surface area contributed by atoms with Crippen molar-refractivity contribution >= 4 is 22.3 Å². The van der Waals surface area contributed by atoms with Gasteiger partial charge in [-0.2, -0.15) is 13.5 Å². The summed E-state index contributed by atoms with van der Waals surface area (Å²) in [5.41, 5.74) is 0.352. The van der Waals surface area contributed by atoms with Gasteiger partial charge in [0.25, 0.3) is 0 Å². The van der Waals surface area contributed by atoms with Gasteiger partial charge in [0.05, 0.1) is 6.04 Å². The molecule has 0 aromatic carbocycles. The number of rotatable bonds is 4. The topological polar surface area (TPSA) is 128 Å². The van der Waals surface area contributed by atoms with Gasteiger partial charge in [-0.3, -0.25) is 9.35 Å². The Labute approximate surface area is 152 Å². The molecule has 3 saturated heterocycles. The van der Waals surface area contributed by atoms with Gasteiger partial charge in [-0.15, -0.1) is 4.28 Å². The van der Waals surface area contributed by atoms with E-state index in [-0.39, 0.29) is 18.5 Å². The number of hydrogen-bond acceptors (Lipinski definition) is 6. The van der Waals surface area contributed by atoms with Crippen molar-refractivity contribution in [2.45, 2.75) is 56.7 Å². The minimum Gasteiger partial charge on any atom is -0.352 e. The fourth-order valence-corrected chi connectivity index (χ4v) is 5.24. The van der Waals surface area contributed by atoms with Crippen LogP contribution < -0.4 is 10.6 Å². The summed E-state index contributed by atoms with van der Waals surface area (Å²) in [4.78, 5) is 26.3. The fraction of sp³-hybridized carbons (Fsp3) is 0.867.